The predicted molar refractivity (Wildman–Crippen MR) is 80.5 cm³/mol. The molecule has 0 radical (unpaired) electrons. The smallest absolute Gasteiger partial charge is 0.329 e. The Morgan fingerprint density at radius 2 is 2.20 bits per heavy atom. The van der Waals surface area contributed by atoms with Crippen LogP contribution in [0.2, 0.25) is 0 Å². The fourth-order valence-electron chi connectivity index (χ4n) is 2.79. The second-order valence-electron chi connectivity index (χ2n) is 6.49. The Hall–Kier alpha value is -1.17. The molecule has 1 atom stereocenters. The van der Waals surface area contributed by atoms with Gasteiger partial charge < -0.3 is 10.0 Å². The third-order valence-corrected chi connectivity index (χ3v) is 4.61. The molecule has 0 saturated carbocycles. The number of hydrogen-bond acceptors (Lipinski definition) is 5. The van der Waals surface area contributed by atoms with Crippen molar-refractivity contribution < 1.29 is 9.90 Å². The number of carboxylic acids is 1. The molecule has 1 unspecified atom stereocenters. The Kier molecular flexibility index (Phi) is 4.04. The Morgan fingerprint density at radius 1 is 1.50 bits per heavy atom. The van der Waals surface area contributed by atoms with Crippen molar-refractivity contribution in [3.63, 3.8) is 0 Å². The van der Waals surface area contributed by atoms with E-state index in [9.17, 15) is 9.90 Å². The van der Waals surface area contributed by atoms with E-state index in [0.717, 1.165) is 30.3 Å². The number of aliphatic carboxylic acids is 1. The second kappa shape index (κ2) is 5.31. The molecule has 1 fully saturated rings. The molecular formula is C14H23N3O2S. The van der Waals surface area contributed by atoms with Gasteiger partial charge in [0.2, 0.25) is 5.13 Å². The fourth-order valence-corrected chi connectivity index (χ4v) is 3.76. The highest BCUT2D eigenvalue weighted by molar-refractivity contribution is 7.09. The maximum atomic E-state index is 11.8. The van der Waals surface area contributed by atoms with Crippen LogP contribution in [-0.2, 0) is 10.2 Å². The van der Waals surface area contributed by atoms with E-state index < -0.39 is 11.5 Å². The first-order valence-electron chi connectivity index (χ1n) is 7.16. The molecule has 1 aromatic heterocycles. The predicted octanol–water partition coefficient (Wildman–Crippen LogP) is 3.06. The standard InChI is InChI=1S/C14H23N3O2S/c1-5-7-14(11(18)19)8-6-9-17(14)12-15-10(16-20-12)13(2,3)4/h5-9H2,1-4H3,(H,18,19). The van der Waals surface area contributed by atoms with Crippen LogP contribution in [0, 0.1) is 0 Å². The molecule has 5 nitrogen and oxygen atoms in total. The van der Waals surface area contributed by atoms with E-state index in [0.29, 0.717) is 12.8 Å². The molecule has 1 saturated heterocycles. The molecule has 1 aromatic rings. The second-order valence-corrected chi connectivity index (χ2v) is 7.22. The van der Waals surface area contributed by atoms with E-state index in [1.807, 2.05) is 11.8 Å². The van der Waals surface area contributed by atoms with Gasteiger partial charge in [-0.1, -0.05) is 34.1 Å². The molecule has 0 amide bonds. The number of carbonyl (C=O) groups is 1. The van der Waals surface area contributed by atoms with Gasteiger partial charge >= 0.3 is 5.97 Å². The highest BCUT2D eigenvalue weighted by Gasteiger charge is 2.48. The van der Waals surface area contributed by atoms with Crippen molar-refractivity contribution >= 4 is 22.6 Å². The molecule has 0 bridgehead atoms. The number of rotatable bonds is 4. The molecule has 0 aromatic carbocycles. The van der Waals surface area contributed by atoms with Crippen LogP contribution in [0.3, 0.4) is 0 Å². The minimum atomic E-state index is -0.788. The van der Waals surface area contributed by atoms with Crippen molar-refractivity contribution in [1.29, 1.82) is 0 Å². The van der Waals surface area contributed by atoms with Crippen molar-refractivity contribution in [2.24, 2.45) is 0 Å². The number of anilines is 1. The number of nitrogens with zero attached hydrogens (tertiary/aromatic N) is 3. The first-order chi connectivity index (χ1) is 9.31. The van der Waals surface area contributed by atoms with Crippen LogP contribution in [0.4, 0.5) is 5.13 Å². The lowest BCUT2D eigenvalue weighted by Gasteiger charge is -2.34. The summed E-state index contributed by atoms with van der Waals surface area (Å²) in [6.07, 6.45) is 3.11. The van der Waals surface area contributed by atoms with Crippen molar-refractivity contribution in [2.75, 3.05) is 11.4 Å². The zero-order valence-electron chi connectivity index (χ0n) is 12.6. The topological polar surface area (TPSA) is 66.3 Å². The summed E-state index contributed by atoms with van der Waals surface area (Å²) in [5, 5.41) is 10.5. The number of hydrogen-bond donors (Lipinski definition) is 1. The summed E-state index contributed by atoms with van der Waals surface area (Å²) in [7, 11) is 0. The molecule has 20 heavy (non-hydrogen) atoms. The minimum Gasteiger partial charge on any atom is -0.479 e. The highest BCUT2D eigenvalue weighted by atomic mass is 32.1. The molecule has 2 heterocycles. The van der Waals surface area contributed by atoms with Crippen LogP contribution in [0.25, 0.3) is 0 Å². The van der Waals surface area contributed by atoms with Crippen LogP contribution in [-0.4, -0.2) is 32.5 Å². The summed E-state index contributed by atoms with van der Waals surface area (Å²) < 4.78 is 4.41. The first-order valence-corrected chi connectivity index (χ1v) is 7.94. The summed E-state index contributed by atoms with van der Waals surface area (Å²) in [6.45, 7) is 8.99. The number of aromatic nitrogens is 2. The van der Waals surface area contributed by atoms with Gasteiger partial charge in [0.05, 0.1) is 0 Å². The monoisotopic (exact) mass is 297 g/mol. The van der Waals surface area contributed by atoms with E-state index in [1.54, 1.807) is 0 Å². The van der Waals surface area contributed by atoms with E-state index >= 15 is 0 Å². The largest absolute Gasteiger partial charge is 0.479 e. The Morgan fingerprint density at radius 3 is 2.70 bits per heavy atom. The molecule has 0 aliphatic carbocycles. The van der Waals surface area contributed by atoms with Crippen molar-refractivity contribution in [1.82, 2.24) is 9.36 Å². The normalized spacial score (nSPS) is 23.3. The van der Waals surface area contributed by atoms with Gasteiger partial charge in [-0.3, -0.25) is 0 Å². The highest BCUT2D eigenvalue weighted by Crippen LogP contribution is 2.39. The Balaban J connectivity index is 2.35. The van der Waals surface area contributed by atoms with Crippen LogP contribution < -0.4 is 4.90 Å². The summed E-state index contributed by atoms with van der Waals surface area (Å²) in [5.74, 6) is 0.0598. The molecule has 1 aliphatic rings. The average molecular weight is 297 g/mol. The molecule has 112 valence electrons. The molecule has 2 rings (SSSR count). The van der Waals surface area contributed by atoms with Gasteiger partial charge in [-0.15, -0.1) is 0 Å². The molecule has 1 N–H and O–H groups in total. The zero-order valence-corrected chi connectivity index (χ0v) is 13.5. The summed E-state index contributed by atoms with van der Waals surface area (Å²) in [5.41, 5.74) is -0.894. The lowest BCUT2D eigenvalue weighted by Crippen LogP contribution is -2.50. The maximum absolute atomic E-state index is 11.8. The van der Waals surface area contributed by atoms with E-state index in [2.05, 4.69) is 30.1 Å². The fraction of sp³-hybridized carbons (Fsp3) is 0.786. The van der Waals surface area contributed by atoms with Gasteiger partial charge in [0.15, 0.2) is 0 Å². The van der Waals surface area contributed by atoms with Crippen LogP contribution >= 0.6 is 11.5 Å². The van der Waals surface area contributed by atoms with Gasteiger partial charge in [0, 0.05) is 23.5 Å². The van der Waals surface area contributed by atoms with E-state index in [-0.39, 0.29) is 5.41 Å². The molecule has 6 heteroatoms. The zero-order chi connectivity index (χ0) is 15.0. The van der Waals surface area contributed by atoms with Gasteiger partial charge in [0.1, 0.15) is 11.4 Å². The molecular weight excluding hydrogens is 274 g/mol. The summed E-state index contributed by atoms with van der Waals surface area (Å²) in [6, 6.07) is 0. The molecule has 0 spiro atoms. The van der Waals surface area contributed by atoms with Gasteiger partial charge in [-0.05, 0) is 19.3 Å². The van der Waals surface area contributed by atoms with Crippen molar-refractivity contribution in [3.05, 3.63) is 5.82 Å². The first kappa shape index (κ1) is 15.2. The quantitative estimate of drug-likeness (QED) is 0.925. The lowest BCUT2D eigenvalue weighted by molar-refractivity contribution is -0.143. The maximum Gasteiger partial charge on any atom is 0.329 e. The minimum absolute atomic E-state index is 0.106. The van der Waals surface area contributed by atoms with Crippen LogP contribution in [0.5, 0.6) is 0 Å². The van der Waals surface area contributed by atoms with Crippen molar-refractivity contribution in [3.8, 4) is 0 Å². The third kappa shape index (κ3) is 2.53. The lowest BCUT2D eigenvalue weighted by atomic mass is 9.91. The van der Waals surface area contributed by atoms with E-state index in [4.69, 9.17) is 0 Å². The summed E-state index contributed by atoms with van der Waals surface area (Å²) >= 11 is 1.32. The SMILES string of the molecule is CCCC1(C(=O)O)CCCN1c1nc(C(C)(C)C)ns1. The van der Waals surface area contributed by atoms with Gasteiger partial charge in [0.25, 0.3) is 0 Å². The Bertz CT molecular complexity index is 495. The van der Waals surface area contributed by atoms with Crippen molar-refractivity contribution in [2.45, 2.75) is 64.3 Å². The average Bonchev–Trinajstić information content (AvgIpc) is 2.93. The van der Waals surface area contributed by atoms with Crippen LogP contribution in [0.15, 0.2) is 0 Å². The third-order valence-electron chi connectivity index (χ3n) is 3.87. The summed E-state index contributed by atoms with van der Waals surface area (Å²) in [4.78, 5) is 18.4. The van der Waals surface area contributed by atoms with E-state index in [1.165, 1.54) is 11.5 Å². The van der Waals surface area contributed by atoms with Gasteiger partial charge in [-0.25, -0.2) is 9.78 Å². The van der Waals surface area contributed by atoms with Gasteiger partial charge in [-0.2, -0.15) is 4.37 Å². The number of carboxylic acid groups (broad SMARTS) is 1. The van der Waals surface area contributed by atoms with Crippen LogP contribution in [0.1, 0.15) is 59.2 Å². The Labute approximate surface area is 124 Å². The molecule has 1 aliphatic heterocycles.